The Morgan fingerprint density at radius 1 is 1.32 bits per heavy atom. The first kappa shape index (κ1) is 14.1. The smallest absolute Gasteiger partial charge is 0.0596 e. The summed E-state index contributed by atoms with van der Waals surface area (Å²) in [5.74, 6) is 0.304. The van der Waals surface area contributed by atoms with Crippen LogP contribution in [0.4, 0.5) is 0 Å². The zero-order valence-electron chi connectivity index (χ0n) is 11.4. The zero-order valence-corrected chi connectivity index (χ0v) is 12.2. The van der Waals surface area contributed by atoms with E-state index in [2.05, 4.69) is 30.2 Å². The van der Waals surface area contributed by atoms with E-state index in [0.717, 1.165) is 23.7 Å². The topological polar surface area (TPSA) is 43.8 Å². The summed E-state index contributed by atoms with van der Waals surface area (Å²) < 4.78 is 2.05. The van der Waals surface area contributed by atoms with Gasteiger partial charge in [0.1, 0.15) is 0 Å². The highest BCUT2D eigenvalue weighted by atomic mass is 35.5. The number of hydrogen-bond acceptors (Lipinski definition) is 2. The van der Waals surface area contributed by atoms with Gasteiger partial charge in [0.25, 0.3) is 0 Å². The van der Waals surface area contributed by atoms with Crippen LogP contribution < -0.4 is 5.73 Å². The van der Waals surface area contributed by atoms with E-state index in [9.17, 15) is 0 Å². The Morgan fingerprint density at radius 2 is 2.00 bits per heavy atom. The Kier molecular flexibility index (Phi) is 4.61. The molecule has 3 nitrogen and oxygen atoms in total. The molecule has 0 spiro atoms. The molecule has 0 amide bonds. The van der Waals surface area contributed by atoms with E-state index in [-0.39, 0.29) is 0 Å². The monoisotopic (exact) mass is 277 g/mol. The minimum Gasteiger partial charge on any atom is -0.330 e. The van der Waals surface area contributed by atoms with Gasteiger partial charge in [0, 0.05) is 23.2 Å². The predicted molar refractivity (Wildman–Crippen MR) is 79.6 cm³/mol. The number of hydrogen-bond donors (Lipinski definition) is 1. The van der Waals surface area contributed by atoms with Crippen LogP contribution in [0.25, 0.3) is 0 Å². The van der Waals surface area contributed by atoms with Gasteiger partial charge in [-0.2, -0.15) is 5.10 Å². The maximum atomic E-state index is 5.93. The molecule has 0 aliphatic carbocycles. The van der Waals surface area contributed by atoms with Crippen molar-refractivity contribution in [2.45, 2.75) is 32.7 Å². The van der Waals surface area contributed by atoms with Crippen molar-refractivity contribution in [2.75, 3.05) is 6.54 Å². The summed E-state index contributed by atoms with van der Waals surface area (Å²) >= 11 is 5.93. The molecule has 2 N–H and O–H groups in total. The maximum absolute atomic E-state index is 5.93. The SMILES string of the molecule is CCn1nc(C)cc1CC(CN)c1ccc(Cl)cc1. The first-order chi connectivity index (χ1) is 9.13. The Balaban J connectivity index is 2.21. The number of nitrogens with zero attached hydrogens (tertiary/aromatic N) is 2. The summed E-state index contributed by atoms with van der Waals surface area (Å²) in [6.07, 6.45) is 0.910. The number of benzene rings is 1. The zero-order chi connectivity index (χ0) is 13.8. The van der Waals surface area contributed by atoms with Crippen LogP contribution in [0.1, 0.15) is 29.8 Å². The van der Waals surface area contributed by atoms with Crippen LogP contribution >= 0.6 is 11.6 Å². The van der Waals surface area contributed by atoms with Crippen LogP contribution in [0.3, 0.4) is 0 Å². The molecule has 1 heterocycles. The Bertz CT molecular complexity index is 531. The van der Waals surface area contributed by atoms with Crippen molar-refractivity contribution in [3.63, 3.8) is 0 Å². The summed E-state index contributed by atoms with van der Waals surface area (Å²) in [4.78, 5) is 0. The average Bonchev–Trinajstić information content (AvgIpc) is 2.77. The molecule has 1 unspecified atom stereocenters. The fourth-order valence-electron chi connectivity index (χ4n) is 2.36. The Morgan fingerprint density at radius 3 is 2.58 bits per heavy atom. The van der Waals surface area contributed by atoms with Crippen molar-refractivity contribution in [1.82, 2.24) is 9.78 Å². The van der Waals surface area contributed by atoms with Gasteiger partial charge in [0.15, 0.2) is 0 Å². The van der Waals surface area contributed by atoms with Crippen LogP contribution in [0.5, 0.6) is 0 Å². The largest absolute Gasteiger partial charge is 0.330 e. The lowest BCUT2D eigenvalue weighted by Gasteiger charge is -2.16. The molecule has 2 rings (SSSR count). The van der Waals surface area contributed by atoms with Gasteiger partial charge in [-0.25, -0.2) is 0 Å². The van der Waals surface area contributed by atoms with Gasteiger partial charge < -0.3 is 5.73 Å². The van der Waals surface area contributed by atoms with E-state index >= 15 is 0 Å². The molecule has 19 heavy (non-hydrogen) atoms. The molecule has 1 aromatic heterocycles. The minimum atomic E-state index is 0.304. The van der Waals surface area contributed by atoms with Gasteiger partial charge in [-0.3, -0.25) is 4.68 Å². The quantitative estimate of drug-likeness (QED) is 0.912. The Labute approximate surface area is 119 Å². The van der Waals surface area contributed by atoms with Gasteiger partial charge in [-0.15, -0.1) is 0 Å². The lowest BCUT2D eigenvalue weighted by atomic mass is 9.94. The average molecular weight is 278 g/mol. The maximum Gasteiger partial charge on any atom is 0.0596 e. The number of nitrogens with two attached hydrogens (primary N) is 1. The molecule has 1 aromatic carbocycles. The number of aromatic nitrogens is 2. The lowest BCUT2D eigenvalue weighted by molar-refractivity contribution is 0.583. The molecule has 0 fully saturated rings. The van der Waals surface area contributed by atoms with Crippen molar-refractivity contribution in [1.29, 1.82) is 0 Å². The highest BCUT2D eigenvalue weighted by Gasteiger charge is 2.14. The summed E-state index contributed by atoms with van der Waals surface area (Å²) in [5.41, 5.74) is 9.46. The van der Waals surface area contributed by atoms with E-state index in [0.29, 0.717) is 12.5 Å². The molecule has 0 bridgehead atoms. The molecule has 1 atom stereocenters. The first-order valence-electron chi connectivity index (χ1n) is 6.63. The normalized spacial score (nSPS) is 12.6. The third-order valence-corrected chi connectivity index (χ3v) is 3.62. The summed E-state index contributed by atoms with van der Waals surface area (Å²) in [6, 6.07) is 10.1. The van der Waals surface area contributed by atoms with Gasteiger partial charge in [0.05, 0.1) is 5.69 Å². The van der Waals surface area contributed by atoms with Gasteiger partial charge >= 0.3 is 0 Å². The summed E-state index contributed by atoms with van der Waals surface area (Å²) in [5, 5.41) is 5.24. The lowest BCUT2D eigenvalue weighted by Crippen LogP contribution is -2.17. The number of halogens is 1. The summed E-state index contributed by atoms with van der Waals surface area (Å²) in [6.45, 7) is 5.64. The molecule has 0 aliphatic heterocycles. The molecule has 0 saturated carbocycles. The second kappa shape index (κ2) is 6.22. The van der Waals surface area contributed by atoms with Crippen LogP contribution in [-0.2, 0) is 13.0 Å². The van der Waals surface area contributed by atoms with Gasteiger partial charge in [-0.1, -0.05) is 23.7 Å². The highest BCUT2D eigenvalue weighted by molar-refractivity contribution is 6.30. The predicted octanol–water partition coefficient (Wildman–Crippen LogP) is 3.15. The molecule has 2 aromatic rings. The van der Waals surface area contributed by atoms with E-state index < -0.39 is 0 Å². The Hall–Kier alpha value is -1.32. The van der Waals surface area contributed by atoms with E-state index in [1.165, 1.54) is 11.3 Å². The van der Waals surface area contributed by atoms with Crippen molar-refractivity contribution in [3.8, 4) is 0 Å². The molecule has 0 aliphatic rings. The standard InChI is InChI=1S/C15H20ClN3/c1-3-19-15(8-11(2)18-19)9-13(10-17)12-4-6-14(16)7-5-12/h4-8,13H,3,9-10,17H2,1-2H3. The molecular formula is C15H20ClN3. The molecule has 0 radical (unpaired) electrons. The fraction of sp³-hybridized carbons (Fsp3) is 0.400. The molecular weight excluding hydrogens is 258 g/mol. The van der Waals surface area contributed by atoms with Crippen molar-refractivity contribution >= 4 is 11.6 Å². The first-order valence-corrected chi connectivity index (χ1v) is 7.00. The number of aryl methyl sites for hydroxylation is 2. The van der Waals surface area contributed by atoms with Crippen LogP contribution in [0, 0.1) is 6.92 Å². The molecule has 102 valence electrons. The minimum absolute atomic E-state index is 0.304. The van der Waals surface area contributed by atoms with E-state index in [1.807, 2.05) is 23.7 Å². The van der Waals surface area contributed by atoms with Crippen LogP contribution in [0.2, 0.25) is 5.02 Å². The third kappa shape index (κ3) is 3.37. The fourth-order valence-corrected chi connectivity index (χ4v) is 2.49. The van der Waals surface area contributed by atoms with Crippen molar-refractivity contribution in [2.24, 2.45) is 5.73 Å². The second-order valence-corrected chi connectivity index (χ2v) is 5.22. The van der Waals surface area contributed by atoms with Gasteiger partial charge in [-0.05, 0) is 50.6 Å². The number of rotatable bonds is 5. The third-order valence-electron chi connectivity index (χ3n) is 3.37. The summed E-state index contributed by atoms with van der Waals surface area (Å²) in [7, 11) is 0. The highest BCUT2D eigenvalue weighted by Crippen LogP contribution is 2.22. The van der Waals surface area contributed by atoms with Crippen molar-refractivity contribution in [3.05, 3.63) is 52.3 Å². The molecule has 0 saturated heterocycles. The van der Waals surface area contributed by atoms with Gasteiger partial charge in [0.2, 0.25) is 0 Å². The van der Waals surface area contributed by atoms with Crippen LogP contribution in [0.15, 0.2) is 30.3 Å². The van der Waals surface area contributed by atoms with E-state index in [1.54, 1.807) is 0 Å². The molecule has 4 heteroatoms. The second-order valence-electron chi connectivity index (χ2n) is 4.78. The van der Waals surface area contributed by atoms with Crippen molar-refractivity contribution < 1.29 is 0 Å². The van der Waals surface area contributed by atoms with E-state index in [4.69, 9.17) is 17.3 Å². The van der Waals surface area contributed by atoms with Crippen LogP contribution in [-0.4, -0.2) is 16.3 Å².